The monoisotopic (exact) mass is 285 g/mol. The molecule has 0 bridgehead atoms. The number of phenolic OH excluding ortho intramolecular Hbond substituents is 2. The lowest BCUT2D eigenvalue weighted by molar-refractivity contribution is 0.434. The molecule has 2 aromatic carbocycles. The lowest BCUT2D eigenvalue weighted by atomic mass is 10.00. The van der Waals surface area contributed by atoms with Gasteiger partial charge >= 0.3 is 0 Å². The molecule has 0 fully saturated rings. The number of aryl methyl sites for hydroxylation is 1. The van der Waals surface area contributed by atoms with Gasteiger partial charge in [0.25, 0.3) is 0 Å². The van der Waals surface area contributed by atoms with Crippen LogP contribution in [0.4, 0.5) is 0 Å². The van der Waals surface area contributed by atoms with E-state index in [-0.39, 0.29) is 23.6 Å². The zero-order valence-corrected chi connectivity index (χ0v) is 12.8. The van der Waals surface area contributed by atoms with Crippen molar-refractivity contribution in [3.05, 3.63) is 59.2 Å². The summed E-state index contributed by atoms with van der Waals surface area (Å²) in [6.07, 6.45) is 0.970. The fraction of sp³-hybridized carbons (Fsp3) is 0.333. The van der Waals surface area contributed by atoms with Crippen LogP contribution in [0.3, 0.4) is 0 Å². The standard InChI is InChI=1S/C18H23NO2/c1-4-18(14-7-5-12(2)6-8-14)19-13(3)15-9-16(20)11-17(21)10-15/h5-11,13,18-21H,4H2,1-3H3. The Morgan fingerprint density at radius 1 is 0.952 bits per heavy atom. The average Bonchev–Trinajstić information content (AvgIpc) is 2.44. The van der Waals surface area contributed by atoms with Gasteiger partial charge in [-0.25, -0.2) is 0 Å². The van der Waals surface area contributed by atoms with Gasteiger partial charge in [0.15, 0.2) is 0 Å². The molecule has 0 saturated heterocycles. The molecule has 21 heavy (non-hydrogen) atoms. The van der Waals surface area contributed by atoms with E-state index >= 15 is 0 Å². The Balaban J connectivity index is 2.15. The third-order valence-electron chi connectivity index (χ3n) is 3.76. The lowest BCUT2D eigenvalue weighted by Gasteiger charge is -2.23. The number of nitrogens with one attached hydrogen (secondary N) is 1. The van der Waals surface area contributed by atoms with E-state index in [9.17, 15) is 10.2 Å². The summed E-state index contributed by atoms with van der Waals surface area (Å²) in [4.78, 5) is 0. The topological polar surface area (TPSA) is 52.5 Å². The molecule has 3 nitrogen and oxygen atoms in total. The normalized spacial score (nSPS) is 13.9. The summed E-state index contributed by atoms with van der Waals surface area (Å²) in [6.45, 7) is 6.26. The summed E-state index contributed by atoms with van der Waals surface area (Å²) < 4.78 is 0. The molecule has 3 N–H and O–H groups in total. The molecular formula is C18H23NO2. The molecule has 2 unspecified atom stereocenters. The molecule has 0 radical (unpaired) electrons. The molecule has 0 amide bonds. The van der Waals surface area contributed by atoms with Crippen LogP contribution in [0.25, 0.3) is 0 Å². The van der Waals surface area contributed by atoms with Gasteiger partial charge < -0.3 is 15.5 Å². The zero-order chi connectivity index (χ0) is 15.4. The molecule has 2 atom stereocenters. The predicted molar refractivity (Wildman–Crippen MR) is 85.5 cm³/mol. The Hall–Kier alpha value is -2.00. The van der Waals surface area contributed by atoms with Gasteiger partial charge in [0.1, 0.15) is 11.5 Å². The molecule has 0 heterocycles. The van der Waals surface area contributed by atoms with Crippen molar-refractivity contribution in [2.24, 2.45) is 0 Å². The summed E-state index contributed by atoms with van der Waals surface area (Å²) in [6, 6.07) is 13.5. The van der Waals surface area contributed by atoms with Gasteiger partial charge in [-0.15, -0.1) is 0 Å². The van der Waals surface area contributed by atoms with Crippen LogP contribution >= 0.6 is 0 Å². The van der Waals surface area contributed by atoms with E-state index in [0.717, 1.165) is 12.0 Å². The molecule has 0 spiro atoms. The van der Waals surface area contributed by atoms with E-state index in [4.69, 9.17) is 0 Å². The highest BCUT2D eigenvalue weighted by Crippen LogP contribution is 2.27. The third kappa shape index (κ3) is 3.99. The van der Waals surface area contributed by atoms with E-state index in [0.29, 0.717) is 0 Å². The predicted octanol–water partition coefficient (Wildman–Crippen LogP) is 4.21. The average molecular weight is 285 g/mol. The van der Waals surface area contributed by atoms with Crippen molar-refractivity contribution in [3.63, 3.8) is 0 Å². The Labute approximate surface area is 126 Å². The van der Waals surface area contributed by atoms with Crippen LogP contribution < -0.4 is 5.32 Å². The number of aromatic hydroxyl groups is 2. The SMILES string of the molecule is CCC(NC(C)c1cc(O)cc(O)c1)c1ccc(C)cc1. The van der Waals surface area contributed by atoms with Crippen LogP contribution in [-0.4, -0.2) is 10.2 Å². The maximum Gasteiger partial charge on any atom is 0.119 e. The van der Waals surface area contributed by atoms with Crippen molar-refractivity contribution < 1.29 is 10.2 Å². The maximum absolute atomic E-state index is 9.59. The molecule has 2 rings (SSSR count). The molecule has 0 saturated carbocycles. The van der Waals surface area contributed by atoms with Crippen molar-refractivity contribution in [2.75, 3.05) is 0 Å². The number of hydrogen-bond acceptors (Lipinski definition) is 3. The second-order valence-corrected chi connectivity index (χ2v) is 5.54. The van der Waals surface area contributed by atoms with Crippen LogP contribution in [0, 0.1) is 6.92 Å². The van der Waals surface area contributed by atoms with E-state index in [1.54, 1.807) is 12.1 Å². The Bertz CT molecular complexity index is 572. The van der Waals surface area contributed by atoms with Crippen LogP contribution in [0.1, 0.15) is 49.0 Å². The van der Waals surface area contributed by atoms with Crippen molar-refractivity contribution in [2.45, 2.75) is 39.3 Å². The highest BCUT2D eigenvalue weighted by atomic mass is 16.3. The molecule has 112 valence electrons. The van der Waals surface area contributed by atoms with Crippen molar-refractivity contribution >= 4 is 0 Å². The van der Waals surface area contributed by atoms with Gasteiger partial charge in [-0.2, -0.15) is 0 Å². The largest absolute Gasteiger partial charge is 0.508 e. The summed E-state index contributed by atoms with van der Waals surface area (Å²) in [5.74, 6) is 0.170. The maximum atomic E-state index is 9.59. The summed E-state index contributed by atoms with van der Waals surface area (Å²) >= 11 is 0. The second-order valence-electron chi connectivity index (χ2n) is 5.54. The van der Waals surface area contributed by atoms with E-state index in [1.807, 2.05) is 6.92 Å². The fourth-order valence-electron chi connectivity index (χ4n) is 2.51. The quantitative estimate of drug-likeness (QED) is 0.771. The van der Waals surface area contributed by atoms with Crippen LogP contribution in [0.15, 0.2) is 42.5 Å². The second kappa shape index (κ2) is 6.64. The highest BCUT2D eigenvalue weighted by Gasteiger charge is 2.14. The molecule has 2 aromatic rings. The first-order valence-electron chi connectivity index (χ1n) is 7.35. The molecule has 0 aromatic heterocycles. The first-order valence-corrected chi connectivity index (χ1v) is 7.35. The minimum atomic E-state index is 0.0363. The Morgan fingerprint density at radius 3 is 2.05 bits per heavy atom. The molecule has 0 aliphatic heterocycles. The van der Waals surface area contributed by atoms with Gasteiger partial charge in [0.05, 0.1) is 0 Å². The smallest absolute Gasteiger partial charge is 0.119 e. The molecule has 0 aliphatic carbocycles. The van der Waals surface area contributed by atoms with Gasteiger partial charge in [-0.1, -0.05) is 36.8 Å². The first kappa shape index (κ1) is 15.4. The van der Waals surface area contributed by atoms with Gasteiger partial charge in [-0.05, 0) is 43.5 Å². The van der Waals surface area contributed by atoms with Crippen molar-refractivity contribution in [1.29, 1.82) is 0 Å². The minimum absolute atomic E-state index is 0.0363. The Kier molecular flexibility index (Phi) is 4.86. The summed E-state index contributed by atoms with van der Waals surface area (Å²) in [5.41, 5.74) is 3.37. The van der Waals surface area contributed by atoms with Crippen LogP contribution in [-0.2, 0) is 0 Å². The summed E-state index contributed by atoms with van der Waals surface area (Å²) in [5, 5.41) is 22.7. The Morgan fingerprint density at radius 2 is 1.52 bits per heavy atom. The van der Waals surface area contributed by atoms with Crippen molar-refractivity contribution in [3.8, 4) is 11.5 Å². The van der Waals surface area contributed by atoms with Gasteiger partial charge in [-0.3, -0.25) is 0 Å². The number of phenols is 2. The number of rotatable bonds is 5. The van der Waals surface area contributed by atoms with E-state index < -0.39 is 0 Å². The van der Waals surface area contributed by atoms with E-state index in [2.05, 4.69) is 43.4 Å². The highest BCUT2D eigenvalue weighted by molar-refractivity contribution is 5.38. The number of hydrogen-bond donors (Lipinski definition) is 3. The van der Waals surface area contributed by atoms with Gasteiger partial charge in [0, 0.05) is 18.2 Å². The zero-order valence-electron chi connectivity index (χ0n) is 12.8. The van der Waals surface area contributed by atoms with Crippen LogP contribution in [0.5, 0.6) is 11.5 Å². The van der Waals surface area contributed by atoms with Gasteiger partial charge in [0.2, 0.25) is 0 Å². The fourth-order valence-corrected chi connectivity index (χ4v) is 2.51. The number of benzene rings is 2. The first-order chi connectivity index (χ1) is 9.99. The molecular weight excluding hydrogens is 262 g/mol. The van der Waals surface area contributed by atoms with Crippen LogP contribution in [0.2, 0.25) is 0 Å². The molecule has 3 heteroatoms. The molecule has 0 aliphatic rings. The van der Waals surface area contributed by atoms with Crippen molar-refractivity contribution in [1.82, 2.24) is 5.32 Å². The third-order valence-corrected chi connectivity index (χ3v) is 3.76. The lowest BCUT2D eigenvalue weighted by Crippen LogP contribution is -2.24. The summed E-state index contributed by atoms with van der Waals surface area (Å²) in [7, 11) is 0. The van der Waals surface area contributed by atoms with E-state index in [1.165, 1.54) is 17.2 Å². The minimum Gasteiger partial charge on any atom is -0.508 e.